The molecule has 0 aromatic carbocycles. The Morgan fingerprint density at radius 1 is 1.44 bits per heavy atom. The van der Waals surface area contributed by atoms with Crippen molar-refractivity contribution < 1.29 is 9.47 Å². The molecule has 3 heteroatoms. The Balaban J connectivity index is 2.45. The van der Waals surface area contributed by atoms with Gasteiger partial charge in [0.15, 0.2) is 0 Å². The number of hydrogen-bond donors (Lipinski definition) is 1. The molecule has 0 bridgehead atoms. The van der Waals surface area contributed by atoms with E-state index in [2.05, 4.69) is 26.1 Å². The lowest BCUT2D eigenvalue weighted by molar-refractivity contribution is 0.126. The molecule has 0 radical (unpaired) electrons. The monoisotopic (exact) mass is 229 g/mol. The summed E-state index contributed by atoms with van der Waals surface area (Å²) in [5.74, 6) is 1.29. The second-order valence-electron chi connectivity index (χ2n) is 5.11. The van der Waals surface area contributed by atoms with Crippen LogP contribution >= 0.6 is 0 Å². The molecular formula is C13H27NO2. The van der Waals surface area contributed by atoms with Gasteiger partial charge in [-0.3, -0.25) is 0 Å². The normalized spacial score (nSPS) is 24.9. The summed E-state index contributed by atoms with van der Waals surface area (Å²) in [6.07, 6.45) is 2.37. The van der Waals surface area contributed by atoms with Gasteiger partial charge in [0, 0.05) is 25.8 Å². The summed E-state index contributed by atoms with van der Waals surface area (Å²) < 4.78 is 10.8. The van der Waals surface area contributed by atoms with E-state index in [1.807, 2.05) is 0 Å². The van der Waals surface area contributed by atoms with Crippen LogP contribution in [0.25, 0.3) is 0 Å². The predicted octanol–water partition coefficient (Wildman–Crippen LogP) is 2.06. The van der Waals surface area contributed by atoms with E-state index in [0.29, 0.717) is 23.9 Å². The Labute approximate surface area is 99.9 Å². The number of hydrogen-bond acceptors (Lipinski definition) is 3. The SMILES string of the molecule is CCC(NC(COC)C(C)C)C1CCOC1. The molecule has 0 aromatic rings. The molecule has 16 heavy (non-hydrogen) atoms. The third-order valence-corrected chi connectivity index (χ3v) is 3.55. The van der Waals surface area contributed by atoms with Crippen molar-refractivity contribution >= 4 is 0 Å². The summed E-state index contributed by atoms with van der Waals surface area (Å²) >= 11 is 0. The molecule has 96 valence electrons. The fourth-order valence-electron chi connectivity index (χ4n) is 2.34. The summed E-state index contributed by atoms with van der Waals surface area (Å²) in [4.78, 5) is 0. The summed E-state index contributed by atoms with van der Waals surface area (Å²) in [6.45, 7) is 9.38. The lowest BCUT2D eigenvalue weighted by Crippen LogP contribution is -2.47. The molecule has 0 amide bonds. The Morgan fingerprint density at radius 2 is 2.19 bits per heavy atom. The highest BCUT2D eigenvalue weighted by Crippen LogP contribution is 2.20. The molecular weight excluding hydrogens is 202 g/mol. The average Bonchev–Trinajstić information content (AvgIpc) is 2.77. The first-order valence-electron chi connectivity index (χ1n) is 6.51. The van der Waals surface area contributed by atoms with Crippen molar-refractivity contribution in [2.24, 2.45) is 11.8 Å². The standard InChI is InChI=1S/C13H27NO2/c1-5-12(11-6-7-16-8-11)14-13(9-15-4)10(2)3/h10-14H,5-9H2,1-4H3. The van der Waals surface area contributed by atoms with Gasteiger partial charge in [-0.15, -0.1) is 0 Å². The minimum Gasteiger partial charge on any atom is -0.383 e. The largest absolute Gasteiger partial charge is 0.383 e. The predicted molar refractivity (Wildman–Crippen MR) is 66.6 cm³/mol. The van der Waals surface area contributed by atoms with Gasteiger partial charge in [0.1, 0.15) is 0 Å². The van der Waals surface area contributed by atoms with E-state index in [4.69, 9.17) is 9.47 Å². The molecule has 1 saturated heterocycles. The van der Waals surface area contributed by atoms with E-state index in [1.165, 1.54) is 12.8 Å². The Bertz CT molecular complexity index is 179. The minimum atomic E-state index is 0.454. The van der Waals surface area contributed by atoms with Crippen LogP contribution in [0, 0.1) is 11.8 Å². The van der Waals surface area contributed by atoms with Gasteiger partial charge >= 0.3 is 0 Å². The highest BCUT2D eigenvalue weighted by Gasteiger charge is 2.27. The van der Waals surface area contributed by atoms with Gasteiger partial charge in [-0.2, -0.15) is 0 Å². The molecule has 0 aromatic heterocycles. The molecule has 1 rings (SSSR count). The maximum atomic E-state index is 5.47. The topological polar surface area (TPSA) is 30.5 Å². The van der Waals surface area contributed by atoms with Gasteiger partial charge in [0.2, 0.25) is 0 Å². The van der Waals surface area contributed by atoms with Crippen LogP contribution in [0.1, 0.15) is 33.6 Å². The summed E-state index contributed by atoms with van der Waals surface area (Å²) in [5, 5.41) is 3.74. The van der Waals surface area contributed by atoms with Gasteiger partial charge < -0.3 is 14.8 Å². The van der Waals surface area contributed by atoms with Crippen molar-refractivity contribution in [2.75, 3.05) is 26.9 Å². The molecule has 1 N–H and O–H groups in total. The first kappa shape index (κ1) is 13.9. The molecule has 1 aliphatic rings. The number of methoxy groups -OCH3 is 1. The van der Waals surface area contributed by atoms with Crippen molar-refractivity contribution in [3.8, 4) is 0 Å². The zero-order chi connectivity index (χ0) is 12.0. The van der Waals surface area contributed by atoms with Crippen LogP contribution in [0.4, 0.5) is 0 Å². The fourth-order valence-corrected chi connectivity index (χ4v) is 2.34. The molecule has 0 saturated carbocycles. The molecule has 3 atom stereocenters. The van der Waals surface area contributed by atoms with Crippen LogP contribution in [0.5, 0.6) is 0 Å². The van der Waals surface area contributed by atoms with Crippen LogP contribution in [0.15, 0.2) is 0 Å². The van der Waals surface area contributed by atoms with Gasteiger partial charge in [-0.05, 0) is 24.7 Å². The highest BCUT2D eigenvalue weighted by molar-refractivity contribution is 4.83. The maximum Gasteiger partial charge on any atom is 0.0618 e. The van der Waals surface area contributed by atoms with Crippen molar-refractivity contribution in [3.63, 3.8) is 0 Å². The van der Waals surface area contributed by atoms with Crippen molar-refractivity contribution in [1.82, 2.24) is 5.32 Å². The quantitative estimate of drug-likeness (QED) is 0.725. The number of ether oxygens (including phenoxy) is 2. The summed E-state index contributed by atoms with van der Waals surface area (Å²) in [6, 6.07) is 1.03. The molecule has 1 heterocycles. The lowest BCUT2D eigenvalue weighted by atomic mass is 9.94. The lowest BCUT2D eigenvalue weighted by Gasteiger charge is -2.30. The number of nitrogens with one attached hydrogen (secondary N) is 1. The van der Waals surface area contributed by atoms with Crippen LogP contribution in [0.3, 0.4) is 0 Å². The van der Waals surface area contributed by atoms with E-state index < -0.39 is 0 Å². The summed E-state index contributed by atoms with van der Waals surface area (Å²) in [5.41, 5.74) is 0. The zero-order valence-electron chi connectivity index (χ0n) is 11.2. The first-order chi connectivity index (χ1) is 7.69. The second-order valence-corrected chi connectivity index (χ2v) is 5.11. The van der Waals surface area contributed by atoms with E-state index in [-0.39, 0.29) is 0 Å². The van der Waals surface area contributed by atoms with Crippen LogP contribution in [0.2, 0.25) is 0 Å². The Morgan fingerprint density at radius 3 is 2.62 bits per heavy atom. The smallest absolute Gasteiger partial charge is 0.0618 e. The van der Waals surface area contributed by atoms with Crippen molar-refractivity contribution in [1.29, 1.82) is 0 Å². The Kier molecular flexibility index (Phi) is 6.32. The molecule has 1 fully saturated rings. The molecule has 0 spiro atoms. The molecule has 1 aliphatic heterocycles. The van der Waals surface area contributed by atoms with E-state index in [9.17, 15) is 0 Å². The van der Waals surface area contributed by atoms with Gasteiger partial charge in [0.05, 0.1) is 13.2 Å². The van der Waals surface area contributed by atoms with Crippen LogP contribution in [-0.4, -0.2) is 39.0 Å². The summed E-state index contributed by atoms with van der Waals surface area (Å²) in [7, 11) is 1.77. The Hall–Kier alpha value is -0.120. The van der Waals surface area contributed by atoms with Gasteiger partial charge in [-0.1, -0.05) is 20.8 Å². The van der Waals surface area contributed by atoms with Crippen LogP contribution < -0.4 is 5.32 Å². The maximum absolute atomic E-state index is 5.47. The first-order valence-corrected chi connectivity index (χ1v) is 6.51. The third-order valence-electron chi connectivity index (χ3n) is 3.55. The van der Waals surface area contributed by atoms with Gasteiger partial charge in [-0.25, -0.2) is 0 Å². The van der Waals surface area contributed by atoms with Gasteiger partial charge in [0.25, 0.3) is 0 Å². The van der Waals surface area contributed by atoms with Crippen molar-refractivity contribution in [2.45, 2.75) is 45.7 Å². The minimum absolute atomic E-state index is 0.454. The second kappa shape index (κ2) is 7.25. The molecule has 3 nitrogen and oxygen atoms in total. The third kappa shape index (κ3) is 4.04. The van der Waals surface area contributed by atoms with E-state index >= 15 is 0 Å². The van der Waals surface area contributed by atoms with E-state index in [1.54, 1.807) is 7.11 Å². The fraction of sp³-hybridized carbons (Fsp3) is 1.00. The van der Waals surface area contributed by atoms with E-state index in [0.717, 1.165) is 19.8 Å². The highest BCUT2D eigenvalue weighted by atomic mass is 16.5. The zero-order valence-corrected chi connectivity index (χ0v) is 11.2. The molecule has 0 aliphatic carbocycles. The van der Waals surface area contributed by atoms with Crippen LogP contribution in [-0.2, 0) is 9.47 Å². The average molecular weight is 229 g/mol. The molecule has 3 unspecified atom stereocenters. The number of rotatable bonds is 7. The van der Waals surface area contributed by atoms with Crippen molar-refractivity contribution in [3.05, 3.63) is 0 Å².